The minimum Gasteiger partial charge on any atom is -0.465 e. The van der Waals surface area contributed by atoms with E-state index in [0.29, 0.717) is 6.42 Å². The third-order valence-corrected chi connectivity index (χ3v) is 1.56. The zero-order valence-corrected chi connectivity index (χ0v) is 6.92. The molecule has 1 atom stereocenters. The van der Waals surface area contributed by atoms with Gasteiger partial charge in [0, 0.05) is 12.5 Å². The summed E-state index contributed by atoms with van der Waals surface area (Å²) in [4.78, 5) is 10.1. The number of carboxylic acid groups (broad SMARTS) is 1. The van der Waals surface area contributed by atoms with E-state index in [-0.39, 0.29) is 18.2 Å². The van der Waals surface area contributed by atoms with E-state index in [2.05, 4.69) is 11.2 Å². The van der Waals surface area contributed by atoms with Gasteiger partial charge in [-0.15, -0.1) is 6.42 Å². The van der Waals surface area contributed by atoms with Gasteiger partial charge in [-0.3, -0.25) is 5.41 Å². The molecular formula is C8H12N2O2. The third-order valence-electron chi connectivity index (χ3n) is 1.56. The first-order chi connectivity index (χ1) is 5.61. The van der Waals surface area contributed by atoms with Crippen molar-refractivity contribution in [2.45, 2.75) is 13.3 Å². The van der Waals surface area contributed by atoms with E-state index in [0.717, 1.165) is 0 Å². The van der Waals surface area contributed by atoms with Crippen LogP contribution in [0.25, 0.3) is 0 Å². The van der Waals surface area contributed by atoms with Gasteiger partial charge in [0.1, 0.15) is 0 Å². The molecule has 0 aromatic carbocycles. The molecule has 0 radical (unpaired) electrons. The maximum absolute atomic E-state index is 10.1. The van der Waals surface area contributed by atoms with Crippen LogP contribution in [0, 0.1) is 23.7 Å². The molecule has 0 aromatic heterocycles. The zero-order chi connectivity index (χ0) is 9.56. The quantitative estimate of drug-likeness (QED) is 0.431. The van der Waals surface area contributed by atoms with Crippen molar-refractivity contribution in [3.8, 4) is 12.3 Å². The highest BCUT2D eigenvalue weighted by Gasteiger charge is 2.10. The third kappa shape index (κ3) is 3.62. The fraction of sp³-hybridized carbons (Fsp3) is 0.500. The molecule has 1 amide bonds. The summed E-state index contributed by atoms with van der Waals surface area (Å²) in [5, 5.41) is 17.7. The molecule has 0 fully saturated rings. The Morgan fingerprint density at radius 3 is 2.75 bits per heavy atom. The van der Waals surface area contributed by atoms with Crippen LogP contribution in [-0.4, -0.2) is 23.5 Å². The normalized spacial score (nSPS) is 11.3. The van der Waals surface area contributed by atoms with E-state index in [1.54, 1.807) is 0 Å². The number of rotatable bonds is 4. The first-order valence-corrected chi connectivity index (χ1v) is 3.63. The van der Waals surface area contributed by atoms with Gasteiger partial charge in [0.05, 0.1) is 5.71 Å². The molecule has 0 heterocycles. The molecule has 0 spiro atoms. The Bertz CT molecular complexity index is 218. The molecule has 1 unspecified atom stereocenters. The minimum atomic E-state index is -1.08. The van der Waals surface area contributed by atoms with Crippen LogP contribution < -0.4 is 5.32 Å². The molecule has 0 saturated heterocycles. The fourth-order valence-electron chi connectivity index (χ4n) is 0.779. The van der Waals surface area contributed by atoms with Crippen LogP contribution in [0.1, 0.15) is 13.3 Å². The molecule has 0 aliphatic rings. The van der Waals surface area contributed by atoms with Gasteiger partial charge in [0.25, 0.3) is 0 Å². The van der Waals surface area contributed by atoms with Crippen LogP contribution in [0.4, 0.5) is 4.79 Å². The topological polar surface area (TPSA) is 73.2 Å². The summed E-state index contributed by atoms with van der Waals surface area (Å²) >= 11 is 0. The first-order valence-electron chi connectivity index (χ1n) is 3.63. The Morgan fingerprint density at radius 1 is 1.83 bits per heavy atom. The number of nitrogens with one attached hydrogen (secondary N) is 2. The number of hydrogen-bond acceptors (Lipinski definition) is 2. The fourth-order valence-corrected chi connectivity index (χ4v) is 0.779. The standard InChI is InChI=1S/C8H12N2O2/c1-3-6(7(9)4-2)5-10-8(11)12/h2,6,9-10H,3,5H2,1H3,(H,11,12). The van der Waals surface area contributed by atoms with Gasteiger partial charge in [0.15, 0.2) is 0 Å². The van der Waals surface area contributed by atoms with Crippen molar-refractivity contribution in [2.75, 3.05) is 6.54 Å². The molecule has 0 aliphatic carbocycles. The summed E-state index contributed by atoms with van der Waals surface area (Å²) in [6, 6.07) is 0. The summed E-state index contributed by atoms with van der Waals surface area (Å²) in [5.74, 6) is 2.02. The summed E-state index contributed by atoms with van der Waals surface area (Å²) in [6.45, 7) is 2.08. The Labute approximate surface area is 71.5 Å². The van der Waals surface area contributed by atoms with E-state index >= 15 is 0 Å². The molecule has 0 rings (SSSR count). The molecule has 4 nitrogen and oxygen atoms in total. The molecular weight excluding hydrogens is 156 g/mol. The highest BCUT2D eigenvalue weighted by atomic mass is 16.4. The summed E-state index contributed by atoms with van der Waals surface area (Å²) < 4.78 is 0. The lowest BCUT2D eigenvalue weighted by atomic mass is 10.0. The lowest BCUT2D eigenvalue weighted by Gasteiger charge is -2.11. The van der Waals surface area contributed by atoms with Gasteiger partial charge in [-0.1, -0.05) is 12.8 Å². The van der Waals surface area contributed by atoms with Gasteiger partial charge in [-0.05, 0) is 6.42 Å². The Balaban J connectivity index is 3.93. The van der Waals surface area contributed by atoms with Gasteiger partial charge in [-0.25, -0.2) is 4.79 Å². The van der Waals surface area contributed by atoms with Crippen LogP contribution in [-0.2, 0) is 0 Å². The van der Waals surface area contributed by atoms with Crippen LogP contribution in [0.5, 0.6) is 0 Å². The monoisotopic (exact) mass is 168 g/mol. The maximum atomic E-state index is 10.1. The number of hydrogen-bond donors (Lipinski definition) is 3. The second-order valence-electron chi connectivity index (χ2n) is 2.35. The summed E-state index contributed by atoms with van der Waals surface area (Å²) in [6.07, 6.45) is 4.59. The largest absolute Gasteiger partial charge is 0.465 e. The van der Waals surface area contributed by atoms with Crippen LogP contribution in [0.15, 0.2) is 0 Å². The second-order valence-corrected chi connectivity index (χ2v) is 2.35. The Morgan fingerprint density at radius 2 is 2.42 bits per heavy atom. The zero-order valence-electron chi connectivity index (χ0n) is 6.92. The van der Waals surface area contributed by atoms with E-state index in [9.17, 15) is 4.79 Å². The van der Waals surface area contributed by atoms with Crippen molar-refractivity contribution < 1.29 is 9.90 Å². The SMILES string of the molecule is C#CC(=N)C(CC)CNC(=O)O. The second kappa shape index (κ2) is 5.19. The molecule has 0 saturated carbocycles. The van der Waals surface area contributed by atoms with Gasteiger partial charge >= 0.3 is 6.09 Å². The van der Waals surface area contributed by atoms with Crippen molar-refractivity contribution >= 4 is 11.8 Å². The van der Waals surface area contributed by atoms with Crippen LogP contribution in [0.3, 0.4) is 0 Å². The van der Waals surface area contributed by atoms with Crippen molar-refractivity contribution in [1.82, 2.24) is 5.32 Å². The van der Waals surface area contributed by atoms with Crippen molar-refractivity contribution in [3.05, 3.63) is 0 Å². The Kier molecular flexibility index (Phi) is 4.54. The number of terminal acetylenes is 1. The van der Waals surface area contributed by atoms with Gasteiger partial charge in [-0.2, -0.15) is 0 Å². The molecule has 0 aromatic rings. The number of amides is 1. The van der Waals surface area contributed by atoms with E-state index in [1.807, 2.05) is 6.92 Å². The molecule has 3 N–H and O–H groups in total. The molecule has 66 valence electrons. The smallest absolute Gasteiger partial charge is 0.404 e. The van der Waals surface area contributed by atoms with Gasteiger partial charge in [0.2, 0.25) is 0 Å². The average molecular weight is 168 g/mol. The predicted octanol–water partition coefficient (Wildman–Crippen LogP) is 0.933. The Hall–Kier alpha value is -1.50. The van der Waals surface area contributed by atoms with E-state index in [1.165, 1.54) is 0 Å². The van der Waals surface area contributed by atoms with Gasteiger partial charge < -0.3 is 10.4 Å². The van der Waals surface area contributed by atoms with Crippen molar-refractivity contribution in [3.63, 3.8) is 0 Å². The predicted molar refractivity (Wildman–Crippen MR) is 46.4 cm³/mol. The first kappa shape index (κ1) is 10.5. The molecule has 4 heteroatoms. The number of carbonyl (C=O) groups is 1. The van der Waals surface area contributed by atoms with Crippen molar-refractivity contribution in [2.24, 2.45) is 5.92 Å². The molecule has 0 aliphatic heterocycles. The average Bonchev–Trinajstić information content (AvgIpc) is 2.04. The molecule has 12 heavy (non-hydrogen) atoms. The highest BCUT2D eigenvalue weighted by Crippen LogP contribution is 2.01. The summed E-state index contributed by atoms with van der Waals surface area (Å²) in [5.41, 5.74) is 0.145. The van der Waals surface area contributed by atoms with E-state index in [4.69, 9.17) is 16.9 Å². The molecule has 0 bridgehead atoms. The highest BCUT2D eigenvalue weighted by molar-refractivity contribution is 5.99. The van der Waals surface area contributed by atoms with Crippen molar-refractivity contribution in [1.29, 1.82) is 5.41 Å². The lowest BCUT2D eigenvalue weighted by molar-refractivity contribution is 0.193. The van der Waals surface area contributed by atoms with Crippen LogP contribution >= 0.6 is 0 Å². The lowest BCUT2D eigenvalue weighted by Crippen LogP contribution is -2.30. The summed E-state index contributed by atoms with van der Waals surface area (Å²) in [7, 11) is 0. The van der Waals surface area contributed by atoms with E-state index < -0.39 is 6.09 Å². The van der Waals surface area contributed by atoms with Crippen LogP contribution in [0.2, 0.25) is 0 Å². The maximum Gasteiger partial charge on any atom is 0.404 e. The minimum absolute atomic E-state index is 0.145.